The van der Waals surface area contributed by atoms with Gasteiger partial charge >= 0.3 is 17.4 Å². The Hall–Kier alpha value is -3.45. The van der Waals surface area contributed by atoms with Crippen LogP contribution in [0.1, 0.15) is 44.7 Å². The Bertz CT molecular complexity index is 1250. The third-order valence-corrected chi connectivity index (χ3v) is 6.17. The summed E-state index contributed by atoms with van der Waals surface area (Å²) < 4.78 is 77.4. The number of carboxylic acids is 1. The van der Waals surface area contributed by atoms with Crippen molar-refractivity contribution in [2.75, 3.05) is 6.54 Å². The van der Waals surface area contributed by atoms with E-state index in [-0.39, 0.29) is 6.61 Å². The van der Waals surface area contributed by atoms with Gasteiger partial charge in [-0.3, -0.25) is 14.5 Å². The van der Waals surface area contributed by atoms with Gasteiger partial charge in [0, 0.05) is 6.54 Å². The Kier molecular flexibility index (Phi) is 8.75. The molecule has 1 fully saturated rings. The Morgan fingerprint density at radius 3 is 2.05 bits per heavy atom. The predicted molar refractivity (Wildman–Crippen MR) is 126 cm³/mol. The first kappa shape index (κ1) is 30.1. The van der Waals surface area contributed by atoms with E-state index in [0.29, 0.717) is 15.5 Å². The van der Waals surface area contributed by atoms with Gasteiger partial charge in [-0.25, -0.2) is 36.6 Å². The molecule has 0 spiro atoms. The molecular formula is C25H24ClF5N2O6. The van der Waals surface area contributed by atoms with E-state index < -0.39 is 88.6 Å². The number of halogens is 6. The lowest BCUT2D eigenvalue weighted by Gasteiger charge is -2.48. The molecule has 0 saturated carbocycles. The van der Waals surface area contributed by atoms with Crippen molar-refractivity contribution < 1.29 is 51.0 Å². The second-order valence-corrected chi connectivity index (χ2v) is 10.1. The van der Waals surface area contributed by atoms with E-state index >= 15 is 0 Å². The first-order valence-electron chi connectivity index (χ1n) is 11.5. The molecule has 1 heterocycles. The molecule has 2 aromatic carbocycles. The monoisotopic (exact) mass is 578 g/mol. The van der Waals surface area contributed by atoms with Crippen molar-refractivity contribution in [3.05, 3.63) is 70.5 Å². The first-order valence-corrected chi connectivity index (χ1v) is 11.9. The van der Waals surface area contributed by atoms with E-state index in [1.165, 1.54) is 20.8 Å². The molecule has 1 aliphatic rings. The molecule has 1 aliphatic heterocycles. The summed E-state index contributed by atoms with van der Waals surface area (Å²) in [4.78, 5) is 43.9. The Morgan fingerprint density at radius 2 is 1.56 bits per heavy atom. The number of hydrogen-bond acceptors (Lipinski definition) is 5. The number of hydroxylamine groups is 2. The van der Waals surface area contributed by atoms with Crippen LogP contribution in [0.4, 0.5) is 31.5 Å². The zero-order valence-corrected chi connectivity index (χ0v) is 21.7. The molecule has 0 aromatic heterocycles. The SMILES string of the molecule is CC(C)(C)OC(=O)N1C[C@H](N(OCc2ccccc2)C(=O)Cl)CC[C@@]1(C(=O)O)c1c(F)c(F)c(F)c(F)c1F. The van der Waals surface area contributed by atoms with Gasteiger partial charge in [-0.15, -0.1) is 0 Å². The smallest absolute Gasteiger partial charge is 0.411 e. The van der Waals surface area contributed by atoms with Gasteiger partial charge in [-0.1, -0.05) is 30.3 Å². The molecule has 39 heavy (non-hydrogen) atoms. The summed E-state index contributed by atoms with van der Waals surface area (Å²) in [5, 5.41) is 9.67. The molecule has 0 bridgehead atoms. The number of carbonyl (C=O) groups is 3. The number of carboxylic acid groups (broad SMARTS) is 1. The topological polar surface area (TPSA) is 96.4 Å². The largest absolute Gasteiger partial charge is 0.479 e. The average Bonchev–Trinajstić information content (AvgIpc) is 2.86. The number of piperidine rings is 1. The number of ether oxygens (including phenoxy) is 1. The summed E-state index contributed by atoms with van der Waals surface area (Å²) in [6, 6.07) is 7.27. The van der Waals surface area contributed by atoms with E-state index in [0.717, 1.165) is 0 Å². The molecule has 3 rings (SSSR count). The molecule has 14 heteroatoms. The number of likely N-dealkylation sites (tertiary alicyclic amines) is 1. The van der Waals surface area contributed by atoms with E-state index in [1.807, 2.05) is 0 Å². The van der Waals surface area contributed by atoms with Crippen LogP contribution in [-0.2, 0) is 26.5 Å². The number of benzene rings is 2. The van der Waals surface area contributed by atoms with Crippen molar-refractivity contribution >= 4 is 29.0 Å². The third-order valence-electron chi connectivity index (χ3n) is 6.00. The van der Waals surface area contributed by atoms with Crippen LogP contribution in [0, 0.1) is 29.1 Å². The highest BCUT2D eigenvalue weighted by molar-refractivity contribution is 6.62. The molecule has 0 unspecified atom stereocenters. The Morgan fingerprint density at radius 1 is 1.03 bits per heavy atom. The number of carbonyl (C=O) groups excluding carboxylic acids is 2. The van der Waals surface area contributed by atoms with E-state index in [4.69, 9.17) is 21.2 Å². The second-order valence-electron chi connectivity index (χ2n) is 9.73. The van der Waals surface area contributed by atoms with Crippen molar-refractivity contribution in [1.29, 1.82) is 0 Å². The Balaban J connectivity index is 2.12. The zero-order chi connectivity index (χ0) is 29.3. The van der Waals surface area contributed by atoms with Gasteiger partial charge in [-0.2, -0.15) is 0 Å². The molecular weight excluding hydrogens is 555 g/mol. The van der Waals surface area contributed by atoms with Gasteiger partial charge in [0.1, 0.15) is 12.2 Å². The number of amides is 2. The molecule has 8 nitrogen and oxygen atoms in total. The van der Waals surface area contributed by atoms with Crippen molar-refractivity contribution in [3.8, 4) is 0 Å². The van der Waals surface area contributed by atoms with E-state index in [1.54, 1.807) is 30.3 Å². The molecule has 0 aliphatic carbocycles. The maximum absolute atomic E-state index is 15.0. The van der Waals surface area contributed by atoms with Crippen LogP contribution < -0.4 is 0 Å². The van der Waals surface area contributed by atoms with Gasteiger partial charge in [0.15, 0.2) is 28.8 Å². The lowest BCUT2D eigenvalue weighted by Crippen LogP contribution is -2.64. The van der Waals surface area contributed by atoms with Crippen molar-refractivity contribution in [2.24, 2.45) is 0 Å². The van der Waals surface area contributed by atoms with Crippen molar-refractivity contribution in [3.63, 3.8) is 0 Å². The minimum atomic E-state index is -3.11. The first-order chi connectivity index (χ1) is 18.1. The molecule has 1 saturated heterocycles. The van der Waals surface area contributed by atoms with Crippen LogP contribution in [0.25, 0.3) is 0 Å². The minimum Gasteiger partial charge on any atom is -0.479 e. The standard InChI is InChI=1S/C25H24ClF5N2O6/c1-24(2,3)39-23(37)32-11-14(33(22(26)36)38-12-13-7-5-4-6-8-13)9-10-25(32,21(34)35)15-16(27)18(29)20(31)19(30)17(15)28/h4-8,14H,9-12H2,1-3H3,(H,34,35)/t14-,25+/m1/s1. The Labute approximate surface area is 224 Å². The van der Waals surface area contributed by atoms with Crippen LogP contribution in [0.5, 0.6) is 0 Å². The molecule has 2 amide bonds. The predicted octanol–water partition coefficient (Wildman–Crippen LogP) is 5.85. The number of nitrogens with zero attached hydrogens (tertiary/aromatic N) is 2. The maximum atomic E-state index is 15.0. The average molecular weight is 579 g/mol. The van der Waals surface area contributed by atoms with Crippen LogP contribution >= 0.6 is 11.6 Å². The molecule has 2 aromatic rings. The van der Waals surface area contributed by atoms with Gasteiger partial charge < -0.3 is 9.84 Å². The summed E-state index contributed by atoms with van der Waals surface area (Å²) in [7, 11) is 0. The fourth-order valence-electron chi connectivity index (χ4n) is 4.28. The van der Waals surface area contributed by atoms with Crippen LogP contribution in [0.2, 0.25) is 0 Å². The highest BCUT2D eigenvalue weighted by Gasteiger charge is 2.57. The molecule has 212 valence electrons. The van der Waals surface area contributed by atoms with E-state index in [9.17, 15) is 41.4 Å². The van der Waals surface area contributed by atoms with Gasteiger partial charge in [0.25, 0.3) is 0 Å². The number of hydrogen-bond donors (Lipinski definition) is 1. The number of aliphatic carboxylic acids is 1. The van der Waals surface area contributed by atoms with Crippen LogP contribution in [0.3, 0.4) is 0 Å². The summed E-state index contributed by atoms with van der Waals surface area (Å²) in [6.45, 7) is 3.23. The molecule has 1 N–H and O–H groups in total. The highest BCUT2D eigenvalue weighted by atomic mass is 35.5. The fourth-order valence-corrected chi connectivity index (χ4v) is 4.47. The van der Waals surface area contributed by atoms with Crippen LogP contribution in [-0.4, -0.2) is 50.7 Å². The van der Waals surface area contributed by atoms with Gasteiger partial charge in [0.05, 0.1) is 11.6 Å². The summed E-state index contributed by atoms with van der Waals surface area (Å²) in [6.07, 6.45) is -2.79. The highest BCUT2D eigenvalue weighted by Crippen LogP contribution is 2.44. The third kappa shape index (κ3) is 5.93. The van der Waals surface area contributed by atoms with Gasteiger partial charge in [-0.05, 0) is 50.8 Å². The summed E-state index contributed by atoms with van der Waals surface area (Å²) in [5.74, 6) is -14.2. The lowest BCUT2D eigenvalue weighted by molar-refractivity contribution is -0.177. The van der Waals surface area contributed by atoms with E-state index in [2.05, 4.69) is 0 Å². The normalized spacial score (nSPS) is 19.5. The number of rotatable bonds is 6. The zero-order valence-electron chi connectivity index (χ0n) is 20.9. The minimum absolute atomic E-state index is 0.177. The lowest BCUT2D eigenvalue weighted by atomic mass is 9.78. The van der Waals surface area contributed by atoms with Gasteiger partial charge in [0.2, 0.25) is 5.82 Å². The van der Waals surface area contributed by atoms with Crippen molar-refractivity contribution in [1.82, 2.24) is 9.96 Å². The molecule has 0 radical (unpaired) electrons. The molecule has 2 atom stereocenters. The summed E-state index contributed by atoms with van der Waals surface area (Å²) in [5.41, 5.74) is -5.51. The van der Waals surface area contributed by atoms with Crippen LogP contribution in [0.15, 0.2) is 30.3 Å². The fraction of sp³-hybridized carbons (Fsp3) is 0.400. The maximum Gasteiger partial charge on any atom is 0.411 e. The quantitative estimate of drug-likeness (QED) is 0.115. The summed E-state index contributed by atoms with van der Waals surface area (Å²) >= 11 is 5.69. The van der Waals surface area contributed by atoms with Crippen molar-refractivity contribution in [2.45, 2.75) is 57.4 Å². The second kappa shape index (κ2) is 11.3.